The summed E-state index contributed by atoms with van der Waals surface area (Å²) < 4.78 is 29.7. The van der Waals surface area contributed by atoms with Crippen LogP contribution in [0.15, 0.2) is 41.8 Å². The maximum atomic E-state index is 13.2. The lowest BCUT2D eigenvalue weighted by Crippen LogP contribution is -2.40. The summed E-state index contributed by atoms with van der Waals surface area (Å²) in [5, 5.41) is 1.97. The first kappa shape index (κ1) is 21.8. The van der Waals surface area contributed by atoms with Crippen LogP contribution in [0.25, 0.3) is 0 Å². The Bertz CT molecular complexity index is 876. The van der Waals surface area contributed by atoms with Crippen molar-refractivity contribution in [3.63, 3.8) is 0 Å². The molecule has 29 heavy (non-hydrogen) atoms. The van der Waals surface area contributed by atoms with Gasteiger partial charge in [-0.15, -0.1) is 11.3 Å². The van der Waals surface area contributed by atoms with Gasteiger partial charge in [0.1, 0.15) is 5.75 Å². The van der Waals surface area contributed by atoms with Crippen LogP contribution < -0.4 is 4.74 Å². The van der Waals surface area contributed by atoms with Crippen LogP contribution in [0.1, 0.15) is 54.3 Å². The maximum absolute atomic E-state index is 13.2. The van der Waals surface area contributed by atoms with Crippen LogP contribution in [0.3, 0.4) is 0 Å². The minimum atomic E-state index is -3.07. The highest BCUT2D eigenvalue weighted by atomic mass is 32.2. The monoisotopic (exact) mass is 435 g/mol. The highest BCUT2D eigenvalue weighted by Crippen LogP contribution is 2.24. The molecule has 2 heterocycles. The quantitative estimate of drug-likeness (QED) is 0.514. The van der Waals surface area contributed by atoms with E-state index in [9.17, 15) is 13.2 Å². The number of carbonyl (C=O) groups excluding carboxylic acids is 1. The summed E-state index contributed by atoms with van der Waals surface area (Å²) in [6, 6.07) is 10.8. The smallest absolute Gasteiger partial charge is 0.254 e. The third-order valence-electron chi connectivity index (χ3n) is 5.18. The average molecular weight is 436 g/mol. The van der Waals surface area contributed by atoms with Crippen molar-refractivity contribution in [1.29, 1.82) is 0 Å². The lowest BCUT2D eigenvalue weighted by Gasteiger charge is -2.28. The molecule has 5 nitrogen and oxygen atoms in total. The molecule has 1 saturated heterocycles. The molecule has 0 aliphatic carbocycles. The van der Waals surface area contributed by atoms with Crippen molar-refractivity contribution in [1.82, 2.24) is 4.90 Å². The van der Waals surface area contributed by atoms with Crippen LogP contribution in [0, 0.1) is 0 Å². The Labute approximate surface area is 177 Å². The number of amides is 1. The molecule has 1 aliphatic rings. The Morgan fingerprint density at radius 2 is 1.97 bits per heavy atom. The van der Waals surface area contributed by atoms with E-state index in [1.54, 1.807) is 28.4 Å². The number of ether oxygens (including phenoxy) is 1. The number of rotatable bonds is 10. The molecule has 0 unspecified atom stereocenters. The molecule has 1 amide bonds. The molecule has 1 aliphatic heterocycles. The molecule has 0 spiro atoms. The molecule has 1 aromatic heterocycles. The third-order valence-corrected chi connectivity index (χ3v) is 7.80. The normalized spacial score (nSPS) is 17.9. The van der Waals surface area contributed by atoms with Gasteiger partial charge in [-0.3, -0.25) is 4.79 Å². The molecular weight excluding hydrogens is 406 g/mol. The number of carbonyl (C=O) groups is 1. The van der Waals surface area contributed by atoms with E-state index < -0.39 is 9.84 Å². The standard InChI is InChI=1S/C22H29NO4S2/c1-2-3-4-5-13-27-20-10-8-18(9-11-20)22(24)23(16-21-7-6-14-28-21)19-12-15-29(25,26)17-19/h6-11,14,19H,2-5,12-13,15-17H2,1H3/t19-/m1/s1. The summed E-state index contributed by atoms with van der Waals surface area (Å²) in [5.41, 5.74) is 0.559. The summed E-state index contributed by atoms with van der Waals surface area (Å²) in [7, 11) is -3.07. The van der Waals surface area contributed by atoms with Crippen molar-refractivity contribution in [3.05, 3.63) is 52.2 Å². The fourth-order valence-electron chi connectivity index (χ4n) is 3.54. The highest BCUT2D eigenvalue weighted by molar-refractivity contribution is 7.91. The second kappa shape index (κ2) is 10.3. The molecule has 0 bridgehead atoms. The Morgan fingerprint density at radius 3 is 2.59 bits per heavy atom. The molecule has 1 aromatic carbocycles. The minimum Gasteiger partial charge on any atom is -0.494 e. The molecule has 3 rings (SSSR count). The molecule has 0 saturated carbocycles. The van der Waals surface area contributed by atoms with Gasteiger partial charge >= 0.3 is 0 Å². The topological polar surface area (TPSA) is 63.7 Å². The summed E-state index contributed by atoms with van der Waals surface area (Å²) in [5.74, 6) is 0.820. The molecule has 1 atom stereocenters. The largest absolute Gasteiger partial charge is 0.494 e. The van der Waals surface area contributed by atoms with Gasteiger partial charge in [0, 0.05) is 16.5 Å². The molecule has 2 aromatic rings. The molecular formula is C22H29NO4S2. The summed E-state index contributed by atoms with van der Waals surface area (Å²) in [4.78, 5) is 16.0. The fraction of sp³-hybridized carbons (Fsp3) is 0.500. The van der Waals surface area contributed by atoms with E-state index in [0.29, 0.717) is 25.1 Å². The van der Waals surface area contributed by atoms with Crippen LogP contribution in [0.2, 0.25) is 0 Å². The zero-order valence-corrected chi connectivity index (χ0v) is 18.5. The van der Waals surface area contributed by atoms with Gasteiger partial charge in [-0.05, 0) is 48.6 Å². The van der Waals surface area contributed by atoms with Crippen molar-refractivity contribution < 1.29 is 17.9 Å². The zero-order chi connectivity index (χ0) is 20.7. The van der Waals surface area contributed by atoms with Crippen molar-refractivity contribution >= 4 is 27.1 Å². The Morgan fingerprint density at radius 1 is 1.17 bits per heavy atom. The van der Waals surface area contributed by atoms with Crippen molar-refractivity contribution in [2.45, 2.75) is 51.6 Å². The predicted molar refractivity (Wildman–Crippen MR) is 117 cm³/mol. The molecule has 0 radical (unpaired) electrons. The maximum Gasteiger partial charge on any atom is 0.254 e. The van der Waals surface area contributed by atoms with E-state index in [0.717, 1.165) is 23.5 Å². The fourth-order valence-corrected chi connectivity index (χ4v) is 5.97. The van der Waals surface area contributed by atoms with Crippen molar-refractivity contribution in [2.75, 3.05) is 18.1 Å². The lowest BCUT2D eigenvalue weighted by atomic mass is 10.1. The number of thiophene rings is 1. The molecule has 0 N–H and O–H groups in total. The SMILES string of the molecule is CCCCCCOc1ccc(C(=O)N(Cc2cccs2)[C@@H]2CCS(=O)(=O)C2)cc1. The van der Waals surface area contributed by atoms with E-state index in [2.05, 4.69) is 6.92 Å². The number of nitrogens with zero attached hydrogens (tertiary/aromatic N) is 1. The van der Waals surface area contributed by atoms with Gasteiger partial charge in [0.15, 0.2) is 9.84 Å². The zero-order valence-electron chi connectivity index (χ0n) is 16.9. The van der Waals surface area contributed by atoms with E-state index >= 15 is 0 Å². The third kappa shape index (κ3) is 6.31. The summed E-state index contributed by atoms with van der Waals surface area (Å²) in [6.45, 7) is 3.30. The van der Waals surface area contributed by atoms with E-state index in [1.807, 2.05) is 29.6 Å². The highest BCUT2D eigenvalue weighted by Gasteiger charge is 2.35. The molecule has 7 heteroatoms. The first-order valence-electron chi connectivity index (χ1n) is 10.2. The average Bonchev–Trinajstić information content (AvgIpc) is 3.35. The number of sulfone groups is 1. The Kier molecular flexibility index (Phi) is 7.72. The Hall–Kier alpha value is -1.86. The molecule has 1 fully saturated rings. The second-order valence-electron chi connectivity index (χ2n) is 7.50. The van der Waals surface area contributed by atoms with Crippen molar-refractivity contribution in [2.24, 2.45) is 0 Å². The van der Waals surface area contributed by atoms with E-state index in [-0.39, 0.29) is 23.5 Å². The molecule has 158 valence electrons. The number of hydrogen-bond donors (Lipinski definition) is 0. The number of unbranched alkanes of at least 4 members (excludes halogenated alkanes) is 3. The lowest BCUT2D eigenvalue weighted by molar-refractivity contribution is 0.0683. The Balaban J connectivity index is 1.67. The van der Waals surface area contributed by atoms with Crippen LogP contribution in [-0.2, 0) is 16.4 Å². The first-order chi connectivity index (χ1) is 14.0. The van der Waals surface area contributed by atoms with E-state index in [1.165, 1.54) is 12.8 Å². The predicted octanol–water partition coefficient (Wildman–Crippen LogP) is 4.54. The van der Waals surface area contributed by atoms with Gasteiger partial charge in [0.2, 0.25) is 0 Å². The first-order valence-corrected chi connectivity index (χ1v) is 13.0. The van der Waals surface area contributed by atoms with Crippen LogP contribution in [-0.4, -0.2) is 43.4 Å². The number of benzene rings is 1. The van der Waals surface area contributed by atoms with Crippen LogP contribution in [0.5, 0.6) is 5.75 Å². The minimum absolute atomic E-state index is 0.0447. The second-order valence-corrected chi connectivity index (χ2v) is 10.8. The van der Waals surface area contributed by atoms with Crippen LogP contribution >= 0.6 is 11.3 Å². The van der Waals surface area contributed by atoms with Crippen molar-refractivity contribution in [3.8, 4) is 5.75 Å². The van der Waals surface area contributed by atoms with Gasteiger partial charge in [-0.25, -0.2) is 8.42 Å². The van der Waals surface area contributed by atoms with Gasteiger partial charge in [0.05, 0.1) is 24.7 Å². The summed E-state index contributed by atoms with van der Waals surface area (Å²) in [6.07, 6.45) is 5.10. The summed E-state index contributed by atoms with van der Waals surface area (Å²) >= 11 is 1.58. The van der Waals surface area contributed by atoms with Gasteiger partial charge in [-0.1, -0.05) is 32.3 Å². The van der Waals surface area contributed by atoms with Gasteiger partial charge in [0.25, 0.3) is 5.91 Å². The van der Waals surface area contributed by atoms with Gasteiger partial charge < -0.3 is 9.64 Å². The number of hydrogen-bond acceptors (Lipinski definition) is 5. The van der Waals surface area contributed by atoms with Gasteiger partial charge in [-0.2, -0.15) is 0 Å². The van der Waals surface area contributed by atoms with Crippen LogP contribution in [0.4, 0.5) is 0 Å². The van der Waals surface area contributed by atoms with E-state index in [4.69, 9.17) is 4.74 Å².